The summed E-state index contributed by atoms with van der Waals surface area (Å²) in [7, 11) is 1.87. The first-order valence-corrected chi connectivity index (χ1v) is 9.89. The summed E-state index contributed by atoms with van der Waals surface area (Å²) in [5, 5.41) is 4.20. The zero-order valence-electron chi connectivity index (χ0n) is 16.8. The highest BCUT2D eigenvalue weighted by molar-refractivity contribution is 5.96. The Morgan fingerprint density at radius 2 is 1.79 bits per heavy atom. The predicted molar refractivity (Wildman–Crippen MR) is 110 cm³/mol. The van der Waals surface area contributed by atoms with Crippen molar-refractivity contribution in [3.63, 3.8) is 0 Å². The zero-order chi connectivity index (χ0) is 19.7. The molecule has 0 unspecified atom stereocenters. The third-order valence-electron chi connectivity index (χ3n) is 5.56. The number of fused-ring (bicyclic) bond motifs is 1. The molecule has 0 aliphatic carbocycles. The lowest BCUT2D eigenvalue weighted by atomic mass is 10.0. The number of amides is 1. The van der Waals surface area contributed by atoms with E-state index in [1.807, 2.05) is 18.0 Å². The van der Waals surface area contributed by atoms with E-state index in [2.05, 4.69) is 53.1 Å². The van der Waals surface area contributed by atoms with E-state index in [9.17, 15) is 4.79 Å². The van der Waals surface area contributed by atoms with Gasteiger partial charge in [-0.25, -0.2) is 0 Å². The van der Waals surface area contributed by atoms with E-state index in [0.29, 0.717) is 11.5 Å². The number of hydrogen-bond acceptors (Lipinski definition) is 4. The van der Waals surface area contributed by atoms with E-state index < -0.39 is 0 Å². The van der Waals surface area contributed by atoms with Crippen LogP contribution in [0.2, 0.25) is 0 Å². The first-order valence-electron chi connectivity index (χ1n) is 9.89. The molecule has 0 bridgehead atoms. The van der Waals surface area contributed by atoms with Crippen LogP contribution in [0.4, 0.5) is 0 Å². The van der Waals surface area contributed by atoms with Crippen LogP contribution in [0.15, 0.2) is 42.7 Å². The van der Waals surface area contributed by atoms with Gasteiger partial charge in [0.1, 0.15) is 5.52 Å². The first-order chi connectivity index (χ1) is 13.5. The molecule has 1 aromatic carbocycles. The van der Waals surface area contributed by atoms with Crippen LogP contribution >= 0.6 is 0 Å². The highest BCUT2D eigenvalue weighted by Gasteiger charge is 2.23. The second-order valence-corrected chi connectivity index (χ2v) is 7.86. The molecule has 146 valence electrons. The molecule has 0 N–H and O–H groups in total. The Balaban J connectivity index is 1.36. The van der Waals surface area contributed by atoms with Crippen molar-refractivity contribution in [2.75, 3.05) is 26.2 Å². The molecule has 3 aromatic rings. The van der Waals surface area contributed by atoms with Crippen molar-refractivity contribution in [3.8, 4) is 0 Å². The van der Waals surface area contributed by atoms with Gasteiger partial charge in [-0.05, 0) is 23.1 Å². The first kappa shape index (κ1) is 18.6. The van der Waals surface area contributed by atoms with Crippen LogP contribution in [-0.2, 0) is 13.6 Å². The maximum absolute atomic E-state index is 12.9. The van der Waals surface area contributed by atoms with Gasteiger partial charge in [-0.3, -0.25) is 19.4 Å². The number of pyridine rings is 1. The van der Waals surface area contributed by atoms with Gasteiger partial charge in [-0.15, -0.1) is 0 Å². The summed E-state index contributed by atoms with van der Waals surface area (Å²) in [6, 6.07) is 10.8. The van der Waals surface area contributed by atoms with Crippen LogP contribution in [0, 0.1) is 0 Å². The zero-order valence-corrected chi connectivity index (χ0v) is 16.8. The molecular formula is C22H27N5O. The number of hydrogen-bond donors (Lipinski definition) is 0. The van der Waals surface area contributed by atoms with Crippen molar-refractivity contribution in [2.45, 2.75) is 26.3 Å². The fourth-order valence-electron chi connectivity index (χ4n) is 3.70. The maximum atomic E-state index is 12.9. The van der Waals surface area contributed by atoms with Crippen molar-refractivity contribution in [1.82, 2.24) is 24.6 Å². The number of carbonyl (C=O) groups is 1. The molecule has 1 amide bonds. The standard InChI is InChI=1S/C22H27N5O/c1-16(2)18-6-4-17(5-7-18)15-26-8-10-27(11-9-26)22(28)19-12-21-20(23-13-19)14-24-25(21)3/h4-7,12-14,16H,8-11,15H2,1-3H3. The van der Waals surface area contributed by atoms with Crippen molar-refractivity contribution in [1.29, 1.82) is 0 Å². The molecule has 0 atom stereocenters. The Morgan fingerprint density at radius 1 is 1.07 bits per heavy atom. The fourth-order valence-corrected chi connectivity index (χ4v) is 3.70. The number of aryl methyl sites for hydroxylation is 1. The molecule has 0 saturated carbocycles. The van der Waals surface area contributed by atoms with E-state index in [1.54, 1.807) is 17.1 Å². The van der Waals surface area contributed by atoms with Gasteiger partial charge < -0.3 is 4.90 Å². The molecule has 6 heteroatoms. The van der Waals surface area contributed by atoms with Gasteiger partial charge in [-0.1, -0.05) is 38.1 Å². The molecule has 0 spiro atoms. The number of piperazine rings is 1. The average Bonchev–Trinajstić information content (AvgIpc) is 3.09. The minimum atomic E-state index is 0.0523. The molecular weight excluding hydrogens is 350 g/mol. The van der Waals surface area contributed by atoms with Crippen molar-refractivity contribution in [2.24, 2.45) is 7.05 Å². The molecule has 6 nitrogen and oxygen atoms in total. The Bertz CT molecular complexity index is 968. The largest absolute Gasteiger partial charge is 0.336 e. The molecule has 1 aliphatic heterocycles. The fraction of sp³-hybridized carbons (Fsp3) is 0.409. The Kier molecular flexibility index (Phi) is 5.13. The smallest absolute Gasteiger partial charge is 0.255 e. The number of aromatic nitrogens is 3. The van der Waals surface area contributed by atoms with E-state index in [0.717, 1.165) is 43.8 Å². The van der Waals surface area contributed by atoms with Gasteiger partial charge >= 0.3 is 0 Å². The summed E-state index contributed by atoms with van der Waals surface area (Å²) < 4.78 is 1.75. The third kappa shape index (κ3) is 3.78. The number of carbonyl (C=O) groups excluding carboxylic acids is 1. The Labute approximate surface area is 165 Å². The Hall–Kier alpha value is -2.73. The van der Waals surface area contributed by atoms with Crippen LogP contribution in [0.5, 0.6) is 0 Å². The third-order valence-corrected chi connectivity index (χ3v) is 5.56. The molecule has 1 fully saturated rings. The minimum absolute atomic E-state index is 0.0523. The molecule has 0 radical (unpaired) electrons. The number of nitrogens with zero attached hydrogens (tertiary/aromatic N) is 5. The van der Waals surface area contributed by atoms with E-state index >= 15 is 0 Å². The van der Waals surface area contributed by atoms with Crippen molar-refractivity contribution >= 4 is 16.9 Å². The summed E-state index contributed by atoms with van der Waals surface area (Å²) in [6.07, 6.45) is 3.38. The van der Waals surface area contributed by atoms with Crippen LogP contribution in [-0.4, -0.2) is 56.7 Å². The van der Waals surface area contributed by atoms with Crippen LogP contribution in [0.25, 0.3) is 11.0 Å². The number of rotatable bonds is 4. The van der Waals surface area contributed by atoms with Crippen LogP contribution < -0.4 is 0 Å². The average molecular weight is 377 g/mol. The molecule has 1 aliphatic rings. The van der Waals surface area contributed by atoms with Gasteiger partial charge in [0.25, 0.3) is 5.91 Å². The van der Waals surface area contributed by atoms with Gasteiger partial charge in [0.15, 0.2) is 0 Å². The van der Waals surface area contributed by atoms with Gasteiger partial charge in [0.05, 0.1) is 17.3 Å². The lowest BCUT2D eigenvalue weighted by Crippen LogP contribution is -2.48. The predicted octanol–water partition coefficient (Wildman–Crippen LogP) is 3.05. The van der Waals surface area contributed by atoms with Crippen molar-refractivity contribution < 1.29 is 4.79 Å². The van der Waals surface area contributed by atoms with Gasteiger partial charge in [-0.2, -0.15) is 5.10 Å². The van der Waals surface area contributed by atoms with E-state index in [1.165, 1.54) is 11.1 Å². The summed E-state index contributed by atoms with van der Waals surface area (Å²) in [5.41, 5.74) is 5.03. The second-order valence-electron chi connectivity index (χ2n) is 7.86. The molecule has 2 aromatic heterocycles. The molecule has 4 rings (SSSR count). The summed E-state index contributed by atoms with van der Waals surface area (Å²) >= 11 is 0. The maximum Gasteiger partial charge on any atom is 0.255 e. The normalized spacial score (nSPS) is 15.5. The summed E-state index contributed by atoms with van der Waals surface area (Å²) in [4.78, 5) is 21.6. The molecule has 1 saturated heterocycles. The van der Waals surface area contributed by atoms with Gasteiger partial charge in [0, 0.05) is 46.0 Å². The number of benzene rings is 1. The summed E-state index contributed by atoms with van der Waals surface area (Å²) in [6.45, 7) is 8.62. The second kappa shape index (κ2) is 7.72. The van der Waals surface area contributed by atoms with E-state index in [-0.39, 0.29) is 5.91 Å². The Morgan fingerprint density at radius 3 is 2.46 bits per heavy atom. The highest BCUT2D eigenvalue weighted by Crippen LogP contribution is 2.18. The van der Waals surface area contributed by atoms with Crippen molar-refractivity contribution in [3.05, 3.63) is 59.4 Å². The monoisotopic (exact) mass is 377 g/mol. The summed E-state index contributed by atoms with van der Waals surface area (Å²) in [5.74, 6) is 0.611. The lowest BCUT2D eigenvalue weighted by Gasteiger charge is -2.34. The molecule has 3 heterocycles. The lowest BCUT2D eigenvalue weighted by molar-refractivity contribution is 0.0628. The minimum Gasteiger partial charge on any atom is -0.336 e. The van der Waals surface area contributed by atoms with Gasteiger partial charge in [0.2, 0.25) is 0 Å². The van der Waals surface area contributed by atoms with Crippen LogP contribution in [0.3, 0.4) is 0 Å². The SMILES string of the molecule is CC(C)c1ccc(CN2CCN(C(=O)c3cnc4cnn(C)c4c3)CC2)cc1. The molecule has 28 heavy (non-hydrogen) atoms. The topological polar surface area (TPSA) is 54.3 Å². The highest BCUT2D eigenvalue weighted by atomic mass is 16.2. The van der Waals surface area contributed by atoms with Crippen LogP contribution in [0.1, 0.15) is 41.3 Å². The van der Waals surface area contributed by atoms with E-state index in [4.69, 9.17) is 0 Å². The quantitative estimate of drug-likeness (QED) is 0.701.